The molecule has 0 saturated heterocycles. The maximum atomic E-state index is 13.8. The van der Waals surface area contributed by atoms with E-state index in [1.54, 1.807) is 23.9 Å². The number of aryl methyl sites for hydroxylation is 2. The van der Waals surface area contributed by atoms with Crippen LogP contribution in [-0.2, 0) is 22.6 Å². The first-order valence-corrected chi connectivity index (χ1v) is 11.6. The fraction of sp³-hybridized carbons (Fsp3) is 0.143. The van der Waals surface area contributed by atoms with Crippen molar-refractivity contribution in [2.45, 2.75) is 26.8 Å². The number of carbonyl (C=O) groups excluding carboxylic acids is 2. The monoisotopic (exact) mass is 483 g/mol. The first kappa shape index (κ1) is 23.2. The molecule has 1 aliphatic rings. The van der Waals surface area contributed by atoms with Crippen molar-refractivity contribution in [2.24, 2.45) is 0 Å². The van der Waals surface area contributed by atoms with Crippen molar-refractivity contribution in [3.63, 3.8) is 0 Å². The molecule has 3 heterocycles. The first-order valence-electron chi connectivity index (χ1n) is 11.6. The third kappa shape index (κ3) is 3.96. The number of carbonyl (C=O) groups is 2. The van der Waals surface area contributed by atoms with E-state index in [9.17, 15) is 18.8 Å². The summed E-state index contributed by atoms with van der Waals surface area (Å²) in [5, 5.41) is 2.98. The van der Waals surface area contributed by atoms with Gasteiger partial charge in [-0.15, -0.1) is 0 Å². The van der Waals surface area contributed by atoms with Crippen molar-refractivity contribution in [3.05, 3.63) is 118 Å². The van der Waals surface area contributed by atoms with Crippen LogP contribution in [0.4, 0.5) is 4.39 Å². The highest BCUT2D eigenvalue weighted by Gasteiger charge is 2.47. The van der Waals surface area contributed by atoms with Gasteiger partial charge < -0.3 is 0 Å². The molecular weight excluding hydrogens is 459 g/mol. The molecule has 7 nitrogen and oxygen atoms in total. The van der Waals surface area contributed by atoms with Crippen molar-refractivity contribution in [2.75, 3.05) is 0 Å². The lowest BCUT2D eigenvalue weighted by molar-refractivity contribution is -0.577. The van der Waals surface area contributed by atoms with Crippen LogP contribution in [0.25, 0.3) is 17.0 Å². The van der Waals surface area contributed by atoms with Crippen molar-refractivity contribution < 1.29 is 18.5 Å². The summed E-state index contributed by atoms with van der Waals surface area (Å²) in [5.41, 5.74) is 2.37. The molecular formula is C28H24FN4O3+. The van der Waals surface area contributed by atoms with E-state index in [-0.39, 0.29) is 23.4 Å². The summed E-state index contributed by atoms with van der Waals surface area (Å²) < 4.78 is 16.3. The highest BCUT2D eigenvalue weighted by Crippen LogP contribution is 2.31. The van der Waals surface area contributed by atoms with E-state index >= 15 is 0 Å². The predicted octanol–water partition coefficient (Wildman–Crippen LogP) is 3.40. The predicted molar refractivity (Wildman–Crippen MR) is 132 cm³/mol. The zero-order valence-electron chi connectivity index (χ0n) is 19.9. The Morgan fingerprint density at radius 3 is 2.28 bits per heavy atom. The topological polar surface area (TPSA) is 79.1 Å². The fourth-order valence-electron chi connectivity index (χ4n) is 4.42. The molecule has 5 rings (SSSR count). The minimum atomic E-state index is -0.543. The van der Waals surface area contributed by atoms with Crippen LogP contribution >= 0.6 is 0 Å². The number of nitrogens with one attached hydrogen (secondary N) is 1. The van der Waals surface area contributed by atoms with E-state index in [1.807, 2.05) is 49.4 Å². The number of hydrogen-bond donors (Lipinski definition) is 1. The van der Waals surface area contributed by atoms with Gasteiger partial charge >= 0.3 is 5.91 Å². The Morgan fingerprint density at radius 2 is 1.58 bits per heavy atom. The number of aromatic nitrogens is 3. The molecule has 0 unspecified atom stereocenters. The number of imide groups is 1. The van der Waals surface area contributed by atoms with Gasteiger partial charge in [0.15, 0.2) is 12.4 Å². The van der Waals surface area contributed by atoms with Gasteiger partial charge in [0, 0.05) is 17.3 Å². The molecule has 0 radical (unpaired) electrons. The lowest BCUT2D eigenvalue weighted by Gasteiger charge is -2.13. The Hall–Kier alpha value is -4.59. The number of H-pyrrole nitrogens is 1. The Labute approximate surface area is 206 Å². The molecule has 2 aromatic heterocycles. The summed E-state index contributed by atoms with van der Waals surface area (Å²) in [6, 6.07) is 18.4. The number of hydrogen-bond acceptors (Lipinski definition) is 3. The summed E-state index contributed by atoms with van der Waals surface area (Å²) in [4.78, 5) is 42.2. The summed E-state index contributed by atoms with van der Waals surface area (Å²) in [6.45, 7) is 3.75. The Kier molecular flexibility index (Phi) is 5.93. The van der Waals surface area contributed by atoms with Crippen LogP contribution in [0.5, 0.6) is 0 Å². The average molecular weight is 484 g/mol. The maximum Gasteiger partial charge on any atom is 0.327 e. The molecule has 0 aliphatic carbocycles. The third-order valence-electron chi connectivity index (χ3n) is 6.26. The Morgan fingerprint density at radius 1 is 0.889 bits per heavy atom. The summed E-state index contributed by atoms with van der Waals surface area (Å²) >= 11 is 0. The van der Waals surface area contributed by atoms with Gasteiger partial charge in [0.05, 0.1) is 17.8 Å². The van der Waals surface area contributed by atoms with Crippen LogP contribution < -0.4 is 10.1 Å². The van der Waals surface area contributed by atoms with Crippen LogP contribution in [0.3, 0.4) is 0 Å². The Balaban J connectivity index is 1.70. The number of amides is 2. The van der Waals surface area contributed by atoms with E-state index in [4.69, 9.17) is 0 Å². The minimum Gasteiger partial charge on any atom is -0.295 e. The van der Waals surface area contributed by atoms with Crippen molar-refractivity contribution >= 4 is 23.1 Å². The third-order valence-corrected chi connectivity index (χ3v) is 6.26. The highest BCUT2D eigenvalue weighted by molar-refractivity contribution is 6.44. The normalized spacial score (nSPS) is 13.7. The maximum absolute atomic E-state index is 13.8. The summed E-state index contributed by atoms with van der Waals surface area (Å²) in [6.07, 6.45) is 4.24. The van der Waals surface area contributed by atoms with Crippen molar-refractivity contribution in [3.8, 4) is 5.69 Å². The van der Waals surface area contributed by atoms with Crippen LogP contribution in [0, 0.1) is 12.7 Å². The number of benzene rings is 2. The summed E-state index contributed by atoms with van der Waals surface area (Å²) in [7, 11) is 0. The Bertz CT molecular complexity index is 1570. The van der Waals surface area contributed by atoms with Gasteiger partial charge in [0.2, 0.25) is 0 Å². The lowest BCUT2D eigenvalue weighted by Crippen LogP contribution is -2.39. The minimum absolute atomic E-state index is 0.0359. The van der Waals surface area contributed by atoms with Gasteiger partial charge in [-0.3, -0.25) is 24.4 Å². The molecule has 180 valence electrons. The number of pyridine rings is 1. The molecule has 0 bridgehead atoms. The van der Waals surface area contributed by atoms with Gasteiger partial charge in [-0.1, -0.05) is 37.3 Å². The number of aromatic amines is 1. The molecule has 8 heteroatoms. The van der Waals surface area contributed by atoms with Gasteiger partial charge in [-0.25, -0.2) is 9.07 Å². The molecule has 36 heavy (non-hydrogen) atoms. The van der Waals surface area contributed by atoms with E-state index in [1.165, 1.54) is 33.8 Å². The number of halogens is 1. The van der Waals surface area contributed by atoms with Crippen LogP contribution in [-0.4, -0.2) is 26.5 Å². The second kappa shape index (κ2) is 9.22. The van der Waals surface area contributed by atoms with Gasteiger partial charge in [-0.05, 0) is 49.2 Å². The molecule has 2 aromatic carbocycles. The molecule has 0 atom stereocenters. The molecule has 0 saturated carbocycles. The molecule has 0 spiro atoms. The zero-order chi connectivity index (χ0) is 25.4. The zero-order valence-corrected chi connectivity index (χ0v) is 19.9. The number of nitrogens with zero attached hydrogens (tertiary/aromatic N) is 3. The fourth-order valence-corrected chi connectivity index (χ4v) is 4.42. The van der Waals surface area contributed by atoms with E-state index in [0.717, 1.165) is 17.5 Å². The number of rotatable bonds is 6. The summed E-state index contributed by atoms with van der Waals surface area (Å²) in [5.74, 6) is -1.45. The van der Waals surface area contributed by atoms with E-state index in [2.05, 4.69) is 5.10 Å². The smallest absolute Gasteiger partial charge is 0.295 e. The second-order valence-electron chi connectivity index (χ2n) is 8.61. The van der Waals surface area contributed by atoms with E-state index in [0.29, 0.717) is 11.4 Å². The SMILES string of the molecule is CCc1ccc[n+](C2=C(c3c(C)[nH]n(-c4ccc(F)cc4)c3=O)C(=O)N(Cc3ccccc3)C2=O)c1. The van der Waals surface area contributed by atoms with Crippen molar-refractivity contribution in [1.29, 1.82) is 0 Å². The first-order chi connectivity index (χ1) is 17.4. The molecule has 1 aliphatic heterocycles. The van der Waals surface area contributed by atoms with Gasteiger partial charge in [0.25, 0.3) is 17.2 Å². The second-order valence-corrected chi connectivity index (χ2v) is 8.61. The quantitative estimate of drug-likeness (QED) is 0.337. The standard InChI is InChI=1S/C28H23FN4O3/c1-3-19-10-7-15-31(16-19)25-24(26(34)32(28(25)36)17-20-8-5-4-6-9-20)23-18(2)30-33(27(23)35)22-13-11-21(29)12-14-22/h4-16H,3,17H2,1-2H3/p+1. The van der Waals surface area contributed by atoms with Crippen LogP contribution in [0.2, 0.25) is 0 Å². The lowest BCUT2D eigenvalue weighted by atomic mass is 10.1. The molecule has 0 fully saturated rings. The van der Waals surface area contributed by atoms with E-state index < -0.39 is 23.2 Å². The molecule has 2 amide bonds. The van der Waals surface area contributed by atoms with Gasteiger partial charge in [-0.2, -0.15) is 4.57 Å². The average Bonchev–Trinajstić information content (AvgIpc) is 3.31. The largest absolute Gasteiger partial charge is 0.327 e. The van der Waals surface area contributed by atoms with Gasteiger partial charge in [0.1, 0.15) is 11.4 Å². The molecule has 4 aromatic rings. The van der Waals surface area contributed by atoms with Crippen molar-refractivity contribution in [1.82, 2.24) is 14.7 Å². The highest BCUT2D eigenvalue weighted by atomic mass is 19.1. The van der Waals surface area contributed by atoms with Crippen LogP contribution in [0.15, 0.2) is 83.9 Å². The van der Waals surface area contributed by atoms with Crippen LogP contribution in [0.1, 0.15) is 29.3 Å². The molecule has 1 N–H and O–H groups in total.